The Morgan fingerprint density at radius 2 is 1.96 bits per heavy atom. The van der Waals surface area contributed by atoms with E-state index in [2.05, 4.69) is 16.4 Å². The third-order valence-corrected chi connectivity index (χ3v) is 4.05. The molecule has 0 amide bonds. The predicted molar refractivity (Wildman–Crippen MR) is 87.5 cm³/mol. The summed E-state index contributed by atoms with van der Waals surface area (Å²) in [6.07, 6.45) is 3.68. The number of nitrogens with zero attached hydrogens (tertiary/aromatic N) is 1. The molecule has 2 aromatic heterocycles. The summed E-state index contributed by atoms with van der Waals surface area (Å²) in [4.78, 5) is 4.12. The zero-order valence-electron chi connectivity index (χ0n) is 12.8. The first-order valence-electron chi connectivity index (χ1n) is 7.29. The van der Waals surface area contributed by atoms with Crippen LogP contribution in [0.4, 0.5) is 0 Å². The van der Waals surface area contributed by atoms with Crippen molar-refractivity contribution in [2.45, 2.75) is 20.0 Å². The summed E-state index contributed by atoms with van der Waals surface area (Å²) in [5.41, 5.74) is 3.30. The largest absolute Gasteiger partial charge is 1.00 e. The van der Waals surface area contributed by atoms with Crippen LogP contribution in [0.3, 0.4) is 0 Å². The molecule has 0 unspecified atom stereocenters. The minimum Gasteiger partial charge on any atom is -1.00 e. The van der Waals surface area contributed by atoms with E-state index in [0.29, 0.717) is 0 Å². The minimum atomic E-state index is 0. The molecule has 5 heteroatoms. The van der Waals surface area contributed by atoms with Crippen molar-refractivity contribution < 1.29 is 22.1 Å². The first-order chi connectivity index (χ1) is 10.7. The van der Waals surface area contributed by atoms with Gasteiger partial charge in [0.2, 0.25) is 0 Å². The van der Waals surface area contributed by atoms with Crippen LogP contribution >= 0.6 is 11.6 Å². The Kier molecular flexibility index (Phi) is 6.22. The third kappa shape index (κ3) is 4.35. The number of nitrogens with two attached hydrogens (primary N) is 1. The van der Waals surface area contributed by atoms with E-state index < -0.39 is 0 Å². The van der Waals surface area contributed by atoms with Gasteiger partial charge in [-0.3, -0.25) is 4.98 Å². The van der Waals surface area contributed by atoms with Crippen LogP contribution in [0.5, 0.6) is 0 Å². The fraction of sp³-hybridized carbons (Fsp3) is 0.167. The van der Waals surface area contributed by atoms with Gasteiger partial charge in [0.15, 0.2) is 5.76 Å². The maximum Gasteiger partial charge on any atom is 0.158 e. The molecular weight excluding hydrogens is 331 g/mol. The van der Waals surface area contributed by atoms with E-state index in [1.165, 1.54) is 5.56 Å². The van der Waals surface area contributed by atoms with Crippen molar-refractivity contribution in [1.82, 2.24) is 4.98 Å². The predicted octanol–water partition coefficient (Wildman–Crippen LogP) is 0.571. The molecule has 0 spiro atoms. The summed E-state index contributed by atoms with van der Waals surface area (Å²) < 4.78 is 5.94. The van der Waals surface area contributed by atoms with Crippen LogP contribution in [0.15, 0.2) is 59.3 Å². The molecule has 2 heterocycles. The minimum absolute atomic E-state index is 0. The molecule has 3 aromatic rings. The Balaban J connectivity index is 0.00000192. The Bertz CT molecular complexity index is 757. The van der Waals surface area contributed by atoms with Gasteiger partial charge in [-0.15, -0.1) is 0 Å². The number of quaternary nitrogens is 1. The van der Waals surface area contributed by atoms with Gasteiger partial charge in [0.05, 0.1) is 0 Å². The summed E-state index contributed by atoms with van der Waals surface area (Å²) in [5.74, 6) is 1.82. The van der Waals surface area contributed by atoms with E-state index in [9.17, 15) is 0 Å². The molecule has 0 bridgehead atoms. The van der Waals surface area contributed by atoms with Crippen LogP contribution in [0.25, 0.3) is 11.3 Å². The highest BCUT2D eigenvalue weighted by Gasteiger charge is 2.10. The van der Waals surface area contributed by atoms with Crippen molar-refractivity contribution in [2.24, 2.45) is 0 Å². The molecule has 2 N–H and O–H groups in total. The molecule has 0 saturated heterocycles. The highest BCUT2D eigenvalue weighted by Crippen LogP contribution is 2.29. The Labute approximate surface area is 147 Å². The van der Waals surface area contributed by atoms with Crippen LogP contribution in [0.2, 0.25) is 5.02 Å². The second-order valence-electron chi connectivity index (χ2n) is 5.24. The van der Waals surface area contributed by atoms with Gasteiger partial charge in [-0.2, -0.15) is 0 Å². The standard InChI is InChI=1S/C18H17ClN2O.ClH/c1-13-16(5-2-6-17(13)19)18-8-7-15(22-18)12-21-11-14-4-3-9-20-10-14;/h2-10,21H,11-12H2,1H3;1H. The quantitative estimate of drug-likeness (QED) is 0.732. The highest BCUT2D eigenvalue weighted by atomic mass is 35.5. The van der Waals surface area contributed by atoms with Gasteiger partial charge in [0, 0.05) is 28.5 Å². The van der Waals surface area contributed by atoms with E-state index in [1.54, 1.807) is 6.20 Å². The van der Waals surface area contributed by atoms with Crippen molar-refractivity contribution in [3.05, 3.63) is 76.8 Å². The maximum absolute atomic E-state index is 6.17. The van der Waals surface area contributed by atoms with Crippen molar-refractivity contribution in [3.63, 3.8) is 0 Å². The van der Waals surface area contributed by atoms with E-state index in [4.69, 9.17) is 16.0 Å². The lowest BCUT2D eigenvalue weighted by molar-refractivity contribution is -0.688. The van der Waals surface area contributed by atoms with E-state index in [0.717, 1.165) is 40.8 Å². The van der Waals surface area contributed by atoms with Crippen LogP contribution in [0, 0.1) is 6.92 Å². The molecule has 0 aliphatic carbocycles. The van der Waals surface area contributed by atoms with Crippen molar-refractivity contribution in [1.29, 1.82) is 0 Å². The lowest BCUT2D eigenvalue weighted by Gasteiger charge is -2.04. The lowest BCUT2D eigenvalue weighted by Crippen LogP contribution is -3.00. The smallest absolute Gasteiger partial charge is 0.158 e. The average molecular weight is 349 g/mol. The summed E-state index contributed by atoms with van der Waals surface area (Å²) in [6, 6.07) is 13.9. The number of hydrogen-bond acceptors (Lipinski definition) is 2. The van der Waals surface area contributed by atoms with Crippen molar-refractivity contribution in [3.8, 4) is 11.3 Å². The Morgan fingerprint density at radius 3 is 2.74 bits per heavy atom. The molecule has 0 fully saturated rings. The molecule has 0 saturated carbocycles. The fourth-order valence-electron chi connectivity index (χ4n) is 2.41. The monoisotopic (exact) mass is 348 g/mol. The number of furan rings is 1. The van der Waals surface area contributed by atoms with Gasteiger partial charge in [-0.05, 0) is 36.8 Å². The normalized spacial score (nSPS) is 10.3. The zero-order chi connectivity index (χ0) is 15.4. The van der Waals surface area contributed by atoms with Crippen LogP contribution in [-0.2, 0) is 13.1 Å². The maximum atomic E-state index is 6.17. The van der Waals surface area contributed by atoms with Crippen molar-refractivity contribution >= 4 is 11.6 Å². The summed E-state index contributed by atoms with van der Waals surface area (Å²) in [7, 11) is 0. The number of rotatable bonds is 5. The second-order valence-corrected chi connectivity index (χ2v) is 5.64. The molecule has 0 atom stereocenters. The number of aromatic nitrogens is 1. The van der Waals surface area contributed by atoms with Gasteiger partial charge in [0.25, 0.3) is 0 Å². The van der Waals surface area contributed by atoms with E-state index in [1.807, 2.05) is 49.5 Å². The third-order valence-electron chi connectivity index (χ3n) is 3.64. The number of hydrogen-bond donors (Lipinski definition) is 1. The lowest BCUT2D eigenvalue weighted by atomic mass is 10.1. The van der Waals surface area contributed by atoms with Gasteiger partial charge in [-0.25, -0.2) is 0 Å². The topological polar surface area (TPSA) is 42.6 Å². The number of benzene rings is 1. The van der Waals surface area contributed by atoms with E-state index in [-0.39, 0.29) is 12.4 Å². The fourth-order valence-corrected chi connectivity index (χ4v) is 2.58. The van der Waals surface area contributed by atoms with Crippen molar-refractivity contribution in [2.75, 3.05) is 0 Å². The summed E-state index contributed by atoms with van der Waals surface area (Å²) in [6.45, 7) is 3.70. The summed E-state index contributed by atoms with van der Waals surface area (Å²) in [5, 5.41) is 2.96. The number of halogens is 2. The molecule has 0 aliphatic heterocycles. The first-order valence-corrected chi connectivity index (χ1v) is 7.66. The van der Waals surface area contributed by atoms with Gasteiger partial charge >= 0.3 is 0 Å². The van der Waals surface area contributed by atoms with Gasteiger partial charge in [0.1, 0.15) is 18.8 Å². The molecule has 0 radical (unpaired) electrons. The SMILES string of the molecule is Cc1c(Cl)cccc1-c1ccc(C[NH2+]Cc2cccnc2)o1.[Cl-]. The van der Waals surface area contributed by atoms with Crippen LogP contribution in [-0.4, -0.2) is 4.98 Å². The van der Waals surface area contributed by atoms with Gasteiger partial charge < -0.3 is 22.1 Å². The summed E-state index contributed by atoms with van der Waals surface area (Å²) >= 11 is 6.17. The van der Waals surface area contributed by atoms with Crippen LogP contribution < -0.4 is 17.7 Å². The number of pyridine rings is 1. The van der Waals surface area contributed by atoms with Gasteiger partial charge in [-0.1, -0.05) is 29.8 Å². The molecule has 120 valence electrons. The zero-order valence-corrected chi connectivity index (χ0v) is 14.3. The van der Waals surface area contributed by atoms with E-state index >= 15 is 0 Å². The molecule has 3 rings (SSSR count). The Morgan fingerprint density at radius 1 is 1.09 bits per heavy atom. The second kappa shape index (κ2) is 8.16. The molecule has 1 aromatic carbocycles. The molecule has 3 nitrogen and oxygen atoms in total. The highest BCUT2D eigenvalue weighted by molar-refractivity contribution is 6.31. The Hall–Kier alpha value is -1.81. The molecular formula is C18H18Cl2N2O. The molecule has 23 heavy (non-hydrogen) atoms. The average Bonchev–Trinajstić information content (AvgIpc) is 3.00. The first kappa shape index (κ1) is 17.5. The molecule has 0 aliphatic rings. The van der Waals surface area contributed by atoms with Crippen LogP contribution in [0.1, 0.15) is 16.9 Å².